The summed E-state index contributed by atoms with van der Waals surface area (Å²) in [5, 5.41) is 9.79. The van der Waals surface area contributed by atoms with Crippen LogP contribution in [0, 0.1) is 0 Å². The van der Waals surface area contributed by atoms with E-state index in [9.17, 15) is 18.3 Å². The Hall–Kier alpha value is -3.31. The molecule has 0 spiro atoms. The topological polar surface area (TPSA) is 120 Å². The molecule has 0 amide bonds. The zero-order valence-corrected chi connectivity index (χ0v) is 17.9. The molecule has 0 unspecified atom stereocenters. The monoisotopic (exact) mass is 442 g/mol. The zero-order chi connectivity index (χ0) is 22.2. The van der Waals surface area contributed by atoms with E-state index in [1.54, 1.807) is 41.7 Å². The predicted octanol–water partition coefficient (Wildman–Crippen LogP) is 1.05. The third-order valence-electron chi connectivity index (χ3n) is 5.23. The molecule has 1 aliphatic heterocycles. The van der Waals surface area contributed by atoms with Crippen molar-refractivity contribution in [2.24, 2.45) is 0 Å². The molecule has 1 fully saturated rings. The van der Waals surface area contributed by atoms with E-state index >= 15 is 0 Å². The van der Waals surface area contributed by atoms with Crippen LogP contribution in [-0.2, 0) is 14.8 Å². The Morgan fingerprint density at radius 1 is 1.10 bits per heavy atom. The Morgan fingerprint density at radius 2 is 1.84 bits per heavy atom. The Balaban J connectivity index is 1.61. The lowest BCUT2D eigenvalue weighted by Crippen LogP contribution is -2.58. The number of hydrogen-bond acceptors (Lipinski definition) is 8. The summed E-state index contributed by atoms with van der Waals surface area (Å²) in [7, 11) is -0.263. The van der Waals surface area contributed by atoms with E-state index in [2.05, 4.69) is 15.0 Å². The molecule has 1 atom stereocenters. The first-order valence-corrected chi connectivity index (χ1v) is 11.0. The summed E-state index contributed by atoms with van der Waals surface area (Å²) < 4.78 is 27.4. The van der Waals surface area contributed by atoms with Crippen molar-refractivity contribution in [3.05, 3.63) is 48.9 Å². The van der Waals surface area contributed by atoms with Crippen LogP contribution in [0.25, 0.3) is 11.0 Å². The molecule has 4 rings (SSSR count). The van der Waals surface area contributed by atoms with Crippen molar-refractivity contribution in [1.29, 1.82) is 0 Å². The van der Waals surface area contributed by atoms with Crippen LogP contribution in [0.5, 0.6) is 0 Å². The molecule has 1 saturated heterocycles. The number of fused-ring (bicyclic) bond motifs is 1. The highest BCUT2D eigenvalue weighted by Crippen LogP contribution is 2.26. The highest BCUT2D eigenvalue weighted by molar-refractivity contribution is 7.89. The second-order valence-corrected chi connectivity index (χ2v) is 9.29. The number of pyridine rings is 1. The standard InChI is InChI=1S/C20H22N6O4S/c1-24(2)14-3-5-15(6-4-14)31(29,30)26-10-9-25(13-18(26)20(27)28)19-12-22-17-11-21-8-7-16(17)23-19/h3-8,11-12,18H,9-10,13H2,1-2H3,(H,27,28)/t18-/m1/s1. The van der Waals surface area contributed by atoms with Crippen LogP contribution in [0.15, 0.2) is 53.8 Å². The van der Waals surface area contributed by atoms with E-state index < -0.39 is 22.0 Å². The summed E-state index contributed by atoms with van der Waals surface area (Å²) in [6, 6.07) is 6.86. The van der Waals surface area contributed by atoms with Gasteiger partial charge in [-0.05, 0) is 30.3 Å². The predicted molar refractivity (Wildman–Crippen MR) is 116 cm³/mol. The van der Waals surface area contributed by atoms with Crippen molar-refractivity contribution in [3.8, 4) is 0 Å². The van der Waals surface area contributed by atoms with Gasteiger partial charge in [0.2, 0.25) is 10.0 Å². The molecule has 0 radical (unpaired) electrons. The molecule has 10 nitrogen and oxygen atoms in total. The molecule has 162 valence electrons. The van der Waals surface area contributed by atoms with E-state index in [4.69, 9.17) is 0 Å². The van der Waals surface area contributed by atoms with Gasteiger partial charge in [-0.15, -0.1) is 0 Å². The number of carboxylic acid groups (broad SMARTS) is 1. The smallest absolute Gasteiger partial charge is 0.323 e. The van der Waals surface area contributed by atoms with Crippen molar-refractivity contribution < 1.29 is 18.3 Å². The molecular weight excluding hydrogens is 420 g/mol. The molecule has 3 heterocycles. The number of sulfonamides is 1. The lowest BCUT2D eigenvalue weighted by Gasteiger charge is -2.38. The molecule has 11 heteroatoms. The number of nitrogens with zero attached hydrogens (tertiary/aromatic N) is 6. The summed E-state index contributed by atoms with van der Waals surface area (Å²) in [4.78, 5) is 28.5. The number of aliphatic carboxylic acids is 1. The van der Waals surface area contributed by atoms with Gasteiger partial charge in [-0.1, -0.05) is 0 Å². The third kappa shape index (κ3) is 4.01. The van der Waals surface area contributed by atoms with Gasteiger partial charge in [-0.25, -0.2) is 18.4 Å². The quantitative estimate of drug-likeness (QED) is 0.618. The van der Waals surface area contributed by atoms with Gasteiger partial charge in [0.1, 0.15) is 17.4 Å². The normalized spacial score (nSPS) is 17.6. The fraction of sp³-hybridized carbons (Fsp3) is 0.300. The van der Waals surface area contributed by atoms with E-state index in [-0.39, 0.29) is 18.0 Å². The summed E-state index contributed by atoms with van der Waals surface area (Å²) in [5.41, 5.74) is 2.11. The van der Waals surface area contributed by atoms with Crippen LogP contribution in [-0.4, -0.2) is 78.5 Å². The molecule has 1 aliphatic rings. The fourth-order valence-corrected chi connectivity index (χ4v) is 5.08. The lowest BCUT2D eigenvalue weighted by atomic mass is 10.2. The van der Waals surface area contributed by atoms with Crippen molar-refractivity contribution in [2.75, 3.05) is 43.5 Å². The van der Waals surface area contributed by atoms with Crippen LogP contribution >= 0.6 is 0 Å². The van der Waals surface area contributed by atoms with Crippen molar-refractivity contribution in [2.45, 2.75) is 10.9 Å². The third-order valence-corrected chi connectivity index (χ3v) is 7.15. The largest absolute Gasteiger partial charge is 0.480 e. The van der Waals surface area contributed by atoms with Gasteiger partial charge >= 0.3 is 5.97 Å². The first-order chi connectivity index (χ1) is 14.8. The number of benzene rings is 1. The van der Waals surface area contributed by atoms with E-state index in [0.717, 1.165) is 9.99 Å². The van der Waals surface area contributed by atoms with E-state index in [1.807, 2.05) is 19.0 Å². The lowest BCUT2D eigenvalue weighted by molar-refractivity contribution is -0.141. The van der Waals surface area contributed by atoms with Crippen LogP contribution in [0.4, 0.5) is 11.5 Å². The Morgan fingerprint density at radius 3 is 2.52 bits per heavy atom. The first kappa shape index (κ1) is 20.9. The van der Waals surface area contributed by atoms with Gasteiger partial charge < -0.3 is 14.9 Å². The number of carbonyl (C=O) groups is 1. The van der Waals surface area contributed by atoms with Gasteiger partial charge in [0, 0.05) is 45.6 Å². The van der Waals surface area contributed by atoms with Gasteiger partial charge in [-0.2, -0.15) is 4.31 Å². The summed E-state index contributed by atoms with van der Waals surface area (Å²) in [6.45, 7) is 0.282. The molecule has 0 aliphatic carbocycles. The maximum Gasteiger partial charge on any atom is 0.323 e. The van der Waals surface area contributed by atoms with Crippen LogP contribution in [0.3, 0.4) is 0 Å². The number of carboxylic acids is 1. The zero-order valence-electron chi connectivity index (χ0n) is 17.1. The first-order valence-electron chi connectivity index (χ1n) is 9.61. The minimum atomic E-state index is -3.98. The van der Waals surface area contributed by atoms with Crippen molar-refractivity contribution in [3.63, 3.8) is 0 Å². The summed E-state index contributed by atoms with van der Waals surface area (Å²) in [5.74, 6) is -0.714. The molecule has 1 aromatic carbocycles. The van der Waals surface area contributed by atoms with E-state index in [1.165, 1.54) is 12.1 Å². The van der Waals surface area contributed by atoms with Crippen LogP contribution < -0.4 is 9.80 Å². The second kappa shape index (κ2) is 8.08. The minimum Gasteiger partial charge on any atom is -0.480 e. The fourth-order valence-electron chi connectivity index (χ4n) is 3.52. The Bertz CT molecular complexity index is 1220. The summed E-state index contributed by atoms with van der Waals surface area (Å²) >= 11 is 0. The van der Waals surface area contributed by atoms with Gasteiger partial charge in [0.25, 0.3) is 0 Å². The van der Waals surface area contributed by atoms with Gasteiger partial charge in [0.05, 0.1) is 22.8 Å². The molecule has 2 aromatic heterocycles. The van der Waals surface area contributed by atoms with Gasteiger partial charge in [-0.3, -0.25) is 9.78 Å². The molecule has 1 N–H and O–H groups in total. The van der Waals surface area contributed by atoms with E-state index in [0.29, 0.717) is 23.4 Å². The number of rotatable bonds is 5. The highest BCUT2D eigenvalue weighted by Gasteiger charge is 2.40. The molecule has 0 bridgehead atoms. The highest BCUT2D eigenvalue weighted by atomic mass is 32.2. The average Bonchev–Trinajstić information content (AvgIpc) is 2.78. The van der Waals surface area contributed by atoms with Gasteiger partial charge in [0.15, 0.2) is 0 Å². The number of anilines is 2. The Kier molecular flexibility index (Phi) is 5.46. The maximum atomic E-state index is 13.2. The maximum absolute atomic E-state index is 13.2. The second-order valence-electron chi connectivity index (χ2n) is 7.40. The Labute approximate surface area is 179 Å². The van der Waals surface area contributed by atoms with Crippen molar-refractivity contribution in [1.82, 2.24) is 19.3 Å². The molecule has 31 heavy (non-hydrogen) atoms. The average molecular weight is 443 g/mol. The molecule has 0 saturated carbocycles. The molecular formula is C20H22N6O4S. The van der Waals surface area contributed by atoms with Crippen LogP contribution in [0.1, 0.15) is 0 Å². The number of hydrogen-bond donors (Lipinski definition) is 1. The number of piperazine rings is 1. The summed E-state index contributed by atoms with van der Waals surface area (Å²) in [6.07, 6.45) is 4.75. The van der Waals surface area contributed by atoms with Crippen molar-refractivity contribution >= 4 is 38.5 Å². The SMILES string of the molecule is CN(C)c1ccc(S(=O)(=O)N2CCN(c3cnc4cnccc4n3)C[C@@H]2C(=O)O)cc1. The van der Waals surface area contributed by atoms with Crippen LogP contribution in [0.2, 0.25) is 0 Å². The minimum absolute atomic E-state index is 0.0186. The molecule has 3 aromatic rings. The number of aromatic nitrogens is 3.